The fourth-order valence-electron chi connectivity index (χ4n) is 2.49. The molecule has 0 rings (SSSR count). The number of rotatable bonds is 13. The first-order valence-corrected chi connectivity index (χ1v) is 8.62. The van der Waals surface area contributed by atoms with Gasteiger partial charge in [-0.15, -0.1) is 0 Å². The van der Waals surface area contributed by atoms with Crippen molar-refractivity contribution >= 4 is 12.6 Å². The molecular weight excluding hydrogens is 256 g/mol. The normalized spacial score (nSPS) is 12.2. The molecule has 0 saturated heterocycles. The van der Waals surface area contributed by atoms with Crippen molar-refractivity contribution in [2.75, 3.05) is 0 Å². The quantitative estimate of drug-likeness (QED) is 0.164. The molecule has 2 heteroatoms. The van der Waals surface area contributed by atoms with Crippen LogP contribution < -0.4 is 0 Å². The lowest BCUT2D eigenvalue weighted by Gasteiger charge is -2.16. The van der Waals surface area contributed by atoms with Crippen molar-refractivity contribution in [1.82, 2.24) is 0 Å². The zero-order chi connectivity index (χ0) is 15.8. The number of hydrogen-bond donors (Lipinski definition) is 0. The lowest BCUT2D eigenvalue weighted by atomic mass is 9.93. The Balaban J connectivity index is 4.49. The summed E-state index contributed by atoms with van der Waals surface area (Å²) in [7, 11) is 0. The van der Waals surface area contributed by atoms with Crippen LogP contribution in [0.4, 0.5) is 0 Å². The van der Waals surface area contributed by atoms with Crippen LogP contribution in [-0.4, -0.2) is 12.6 Å². The van der Waals surface area contributed by atoms with Crippen LogP contribution in [0.15, 0.2) is 34.9 Å². The predicted molar refractivity (Wildman–Crippen MR) is 97.3 cm³/mol. The van der Waals surface area contributed by atoms with E-state index in [2.05, 4.69) is 37.1 Å². The lowest BCUT2D eigenvalue weighted by molar-refractivity contribution is 0.491. The lowest BCUT2D eigenvalue weighted by Crippen LogP contribution is -2.12. The molecule has 0 aliphatic carbocycles. The van der Waals surface area contributed by atoms with Crippen LogP contribution in [0.1, 0.15) is 78.1 Å². The molecule has 0 bridgehead atoms. The van der Waals surface area contributed by atoms with E-state index in [0.717, 1.165) is 5.84 Å². The summed E-state index contributed by atoms with van der Waals surface area (Å²) >= 11 is 0. The Morgan fingerprint density at radius 1 is 0.952 bits per heavy atom. The van der Waals surface area contributed by atoms with E-state index >= 15 is 0 Å². The van der Waals surface area contributed by atoms with E-state index < -0.39 is 0 Å². The summed E-state index contributed by atoms with van der Waals surface area (Å²) in [6, 6.07) is 0. The van der Waals surface area contributed by atoms with Crippen molar-refractivity contribution < 1.29 is 0 Å². The standard InChI is InChI=1S/C19H34N2/c1-5-8-11-13-15-18(16-14-12-9-6-2)19(20-4)21-17-10-7-3/h7,10,17-18H,3-6,8-9,11-16H2,1-2H3/b17-10-,21-19-. The Bertz CT molecular complexity index is 304. The molecule has 0 N–H and O–H groups in total. The third-order valence-corrected chi connectivity index (χ3v) is 3.77. The van der Waals surface area contributed by atoms with Crippen LogP contribution in [0.5, 0.6) is 0 Å². The highest BCUT2D eigenvalue weighted by Gasteiger charge is 2.14. The summed E-state index contributed by atoms with van der Waals surface area (Å²) in [5, 5.41) is 0. The molecule has 0 heterocycles. The van der Waals surface area contributed by atoms with Gasteiger partial charge in [-0.2, -0.15) is 0 Å². The molecule has 2 nitrogen and oxygen atoms in total. The van der Waals surface area contributed by atoms with E-state index in [4.69, 9.17) is 0 Å². The number of allylic oxidation sites excluding steroid dienone is 2. The topological polar surface area (TPSA) is 24.7 Å². The summed E-state index contributed by atoms with van der Waals surface area (Å²) in [6.07, 6.45) is 18.1. The maximum atomic E-state index is 4.47. The second-order valence-corrected chi connectivity index (χ2v) is 5.62. The molecule has 21 heavy (non-hydrogen) atoms. The molecule has 0 saturated carbocycles. The summed E-state index contributed by atoms with van der Waals surface area (Å²) in [4.78, 5) is 8.64. The third-order valence-electron chi connectivity index (χ3n) is 3.77. The molecule has 0 radical (unpaired) electrons. The van der Waals surface area contributed by atoms with Crippen LogP contribution in [0, 0.1) is 5.92 Å². The van der Waals surface area contributed by atoms with E-state index in [1.54, 1.807) is 12.3 Å². The molecule has 0 aromatic carbocycles. The highest BCUT2D eigenvalue weighted by molar-refractivity contribution is 5.88. The second-order valence-electron chi connectivity index (χ2n) is 5.62. The van der Waals surface area contributed by atoms with Crippen LogP contribution in [0.2, 0.25) is 0 Å². The van der Waals surface area contributed by atoms with E-state index in [-0.39, 0.29) is 0 Å². The minimum Gasteiger partial charge on any atom is -0.249 e. The van der Waals surface area contributed by atoms with Crippen molar-refractivity contribution in [2.45, 2.75) is 78.1 Å². The Morgan fingerprint density at radius 2 is 1.52 bits per heavy atom. The van der Waals surface area contributed by atoms with E-state index in [0.29, 0.717) is 5.92 Å². The second kappa shape index (κ2) is 15.2. The number of nitrogens with zero attached hydrogens (tertiary/aromatic N) is 2. The molecule has 0 aliphatic rings. The first-order valence-electron chi connectivity index (χ1n) is 8.62. The highest BCUT2D eigenvalue weighted by atomic mass is 14.9. The fraction of sp³-hybridized carbons (Fsp3) is 0.684. The number of amidine groups is 1. The zero-order valence-electron chi connectivity index (χ0n) is 14.2. The molecule has 0 amide bonds. The van der Waals surface area contributed by atoms with Crippen molar-refractivity contribution in [2.24, 2.45) is 15.9 Å². The maximum absolute atomic E-state index is 4.47. The van der Waals surface area contributed by atoms with E-state index in [9.17, 15) is 0 Å². The molecule has 0 aromatic rings. The van der Waals surface area contributed by atoms with Crippen LogP contribution >= 0.6 is 0 Å². The Hall–Kier alpha value is -1.18. The van der Waals surface area contributed by atoms with Crippen LogP contribution in [0.25, 0.3) is 0 Å². The van der Waals surface area contributed by atoms with Gasteiger partial charge in [0.2, 0.25) is 0 Å². The fourth-order valence-corrected chi connectivity index (χ4v) is 2.49. The highest BCUT2D eigenvalue weighted by Crippen LogP contribution is 2.21. The first kappa shape index (κ1) is 19.8. The zero-order valence-corrected chi connectivity index (χ0v) is 14.2. The molecule has 0 aromatic heterocycles. The number of aliphatic imine (C=N–C) groups is 2. The number of hydrogen-bond acceptors (Lipinski definition) is 1. The average Bonchev–Trinajstić information content (AvgIpc) is 2.50. The third kappa shape index (κ3) is 11.2. The van der Waals surface area contributed by atoms with Crippen molar-refractivity contribution in [3.8, 4) is 0 Å². The van der Waals surface area contributed by atoms with Crippen LogP contribution in [-0.2, 0) is 0 Å². The molecule has 0 fully saturated rings. The van der Waals surface area contributed by atoms with Gasteiger partial charge in [0.1, 0.15) is 5.84 Å². The van der Waals surface area contributed by atoms with Crippen molar-refractivity contribution in [3.63, 3.8) is 0 Å². The van der Waals surface area contributed by atoms with Gasteiger partial charge in [0.25, 0.3) is 0 Å². The summed E-state index contributed by atoms with van der Waals surface area (Å²) in [5.41, 5.74) is 0. The minimum absolute atomic E-state index is 0.464. The Morgan fingerprint density at radius 3 is 1.95 bits per heavy atom. The molecule has 0 unspecified atom stereocenters. The van der Waals surface area contributed by atoms with Gasteiger partial charge in [0.05, 0.1) is 0 Å². The Kier molecular flexibility index (Phi) is 14.4. The van der Waals surface area contributed by atoms with E-state index in [1.807, 2.05) is 6.08 Å². The first-order chi connectivity index (χ1) is 10.3. The average molecular weight is 290 g/mol. The number of unbranched alkanes of at least 4 members (excludes halogenated alkanes) is 6. The largest absolute Gasteiger partial charge is 0.249 e. The SMILES string of the molecule is C=C/C=C\N=C(/N=C)C(CCCCCC)CCCCCC. The van der Waals surface area contributed by atoms with Gasteiger partial charge in [-0.05, 0) is 25.6 Å². The van der Waals surface area contributed by atoms with E-state index in [1.165, 1.54) is 64.2 Å². The van der Waals surface area contributed by atoms with Crippen molar-refractivity contribution in [1.29, 1.82) is 0 Å². The van der Waals surface area contributed by atoms with Crippen LogP contribution in [0.3, 0.4) is 0 Å². The van der Waals surface area contributed by atoms with Crippen molar-refractivity contribution in [3.05, 3.63) is 24.9 Å². The Labute approximate surface area is 132 Å². The van der Waals surface area contributed by atoms with Gasteiger partial charge >= 0.3 is 0 Å². The summed E-state index contributed by atoms with van der Waals surface area (Å²) < 4.78 is 0. The maximum Gasteiger partial charge on any atom is 0.130 e. The van der Waals surface area contributed by atoms with Gasteiger partial charge in [-0.3, -0.25) is 0 Å². The monoisotopic (exact) mass is 290 g/mol. The smallest absolute Gasteiger partial charge is 0.130 e. The molecular formula is C19H34N2. The molecule has 0 spiro atoms. The van der Waals surface area contributed by atoms with Gasteiger partial charge in [0, 0.05) is 12.1 Å². The minimum atomic E-state index is 0.464. The molecule has 0 atom stereocenters. The van der Waals surface area contributed by atoms with Gasteiger partial charge in [0.15, 0.2) is 0 Å². The van der Waals surface area contributed by atoms with Gasteiger partial charge < -0.3 is 0 Å². The summed E-state index contributed by atoms with van der Waals surface area (Å²) in [6.45, 7) is 11.9. The molecule has 120 valence electrons. The van der Waals surface area contributed by atoms with Gasteiger partial charge in [-0.1, -0.05) is 77.9 Å². The van der Waals surface area contributed by atoms with Gasteiger partial charge in [-0.25, -0.2) is 9.98 Å². The molecule has 0 aliphatic heterocycles. The summed E-state index contributed by atoms with van der Waals surface area (Å²) in [5.74, 6) is 1.37. The predicted octanol–water partition coefficient (Wildman–Crippen LogP) is 6.34.